The summed E-state index contributed by atoms with van der Waals surface area (Å²) in [6, 6.07) is 31.3. The Hall–Kier alpha value is -3.47. The predicted octanol–water partition coefficient (Wildman–Crippen LogP) is 6.61. The number of rotatable bonds is 9. The van der Waals surface area contributed by atoms with E-state index in [2.05, 4.69) is 24.3 Å². The molecule has 0 fully saturated rings. The Morgan fingerprint density at radius 3 is 1.97 bits per heavy atom. The molecular formula is C29H27ClO4. The number of aromatic hydroxyl groups is 1. The molecule has 0 saturated carbocycles. The van der Waals surface area contributed by atoms with Gasteiger partial charge in [-0.3, -0.25) is 0 Å². The van der Waals surface area contributed by atoms with Crippen LogP contribution in [0.25, 0.3) is 0 Å². The molecule has 4 rings (SSSR count). The minimum atomic E-state index is -0.955. The van der Waals surface area contributed by atoms with Gasteiger partial charge in [0.25, 0.3) is 0 Å². The zero-order chi connectivity index (χ0) is 24.0. The number of phenols is 1. The summed E-state index contributed by atoms with van der Waals surface area (Å²) < 4.78 is 18.3. The normalized spacial score (nSPS) is 11.3. The largest absolute Gasteiger partial charge is 0.506 e. The van der Waals surface area contributed by atoms with Gasteiger partial charge in [-0.25, -0.2) is 0 Å². The Bertz CT molecular complexity index is 1190. The summed E-state index contributed by atoms with van der Waals surface area (Å²) in [5.41, 5.74) is 2.79. The molecule has 0 amide bonds. The summed E-state index contributed by atoms with van der Waals surface area (Å²) in [6.45, 7) is 0.394. The van der Waals surface area contributed by atoms with Crippen LogP contribution in [0.2, 0.25) is 5.02 Å². The van der Waals surface area contributed by atoms with Crippen molar-refractivity contribution in [3.05, 3.63) is 124 Å². The van der Waals surface area contributed by atoms with Gasteiger partial charge in [0.15, 0.2) is 11.5 Å². The van der Waals surface area contributed by atoms with E-state index in [-0.39, 0.29) is 5.75 Å². The van der Waals surface area contributed by atoms with Gasteiger partial charge in [0.1, 0.15) is 11.4 Å². The van der Waals surface area contributed by atoms with Gasteiger partial charge in [0.05, 0.1) is 25.8 Å². The van der Waals surface area contributed by atoms with Gasteiger partial charge in [0.2, 0.25) is 0 Å². The average Bonchev–Trinajstić information content (AvgIpc) is 2.89. The lowest BCUT2D eigenvalue weighted by Crippen LogP contribution is -2.34. The maximum atomic E-state index is 9.76. The molecular weight excluding hydrogens is 448 g/mol. The van der Waals surface area contributed by atoms with E-state index >= 15 is 0 Å². The Balaban J connectivity index is 1.87. The van der Waals surface area contributed by atoms with Crippen LogP contribution in [0.5, 0.6) is 17.2 Å². The second kappa shape index (κ2) is 10.6. The zero-order valence-corrected chi connectivity index (χ0v) is 20.0. The van der Waals surface area contributed by atoms with E-state index in [0.717, 1.165) is 22.3 Å². The molecule has 0 heterocycles. The molecule has 0 saturated heterocycles. The number of benzene rings is 4. The molecule has 0 spiro atoms. The molecule has 4 aromatic rings. The molecule has 1 N–H and O–H groups in total. The Kier molecular flexibility index (Phi) is 7.41. The standard InChI is InChI=1S/C29H27ClO4/c1-32-27-15-9-14-24(28(27)33-2)29(22-10-5-3-6-11-22,23-12-7-4-8-13-23)34-19-18-21-16-17-26(31)25(30)20-21/h3-17,20,31H,18-19H2,1-2H3. The predicted molar refractivity (Wildman–Crippen MR) is 135 cm³/mol. The van der Waals surface area contributed by atoms with Gasteiger partial charge >= 0.3 is 0 Å². The smallest absolute Gasteiger partial charge is 0.167 e. The van der Waals surface area contributed by atoms with Crippen LogP contribution in [-0.4, -0.2) is 25.9 Å². The molecule has 0 atom stereocenters. The summed E-state index contributed by atoms with van der Waals surface area (Å²) in [7, 11) is 3.27. The monoisotopic (exact) mass is 474 g/mol. The molecule has 0 aliphatic rings. The van der Waals surface area contributed by atoms with E-state index in [0.29, 0.717) is 29.5 Å². The van der Waals surface area contributed by atoms with Crippen molar-refractivity contribution in [2.24, 2.45) is 0 Å². The number of methoxy groups -OCH3 is 2. The van der Waals surface area contributed by atoms with Gasteiger partial charge < -0.3 is 19.3 Å². The highest BCUT2D eigenvalue weighted by Gasteiger charge is 2.40. The van der Waals surface area contributed by atoms with Crippen LogP contribution < -0.4 is 9.47 Å². The topological polar surface area (TPSA) is 47.9 Å². The van der Waals surface area contributed by atoms with Gasteiger partial charge in [-0.1, -0.05) is 90.5 Å². The first-order chi connectivity index (χ1) is 16.6. The first kappa shape index (κ1) is 23.7. The number of hydrogen-bond acceptors (Lipinski definition) is 4. The Morgan fingerprint density at radius 2 is 1.41 bits per heavy atom. The third kappa shape index (κ3) is 4.60. The number of hydrogen-bond donors (Lipinski definition) is 1. The van der Waals surface area contributed by atoms with E-state index < -0.39 is 5.60 Å². The summed E-state index contributed by atoms with van der Waals surface area (Å²) in [5.74, 6) is 1.31. The van der Waals surface area contributed by atoms with Crippen molar-refractivity contribution in [2.45, 2.75) is 12.0 Å². The van der Waals surface area contributed by atoms with Crippen molar-refractivity contribution < 1.29 is 19.3 Å². The van der Waals surface area contributed by atoms with Gasteiger partial charge in [-0.15, -0.1) is 0 Å². The average molecular weight is 475 g/mol. The van der Waals surface area contributed by atoms with Crippen LogP contribution in [0.4, 0.5) is 0 Å². The molecule has 0 unspecified atom stereocenters. The van der Waals surface area contributed by atoms with E-state index in [1.165, 1.54) is 0 Å². The second-order valence-electron chi connectivity index (χ2n) is 7.84. The van der Waals surface area contributed by atoms with Crippen molar-refractivity contribution >= 4 is 11.6 Å². The molecule has 4 nitrogen and oxygen atoms in total. The van der Waals surface area contributed by atoms with Gasteiger partial charge in [-0.05, 0) is 41.3 Å². The maximum absolute atomic E-state index is 9.76. The van der Waals surface area contributed by atoms with Crippen LogP contribution in [0.15, 0.2) is 97.1 Å². The lowest BCUT2D eigenvalue weighted by molar-refractivity contribution is 0.0129. The van der Waals surface area contributed by atoms with E-state index in [4.69, 9.17) is 25.8 Å². The highest BCUT2D eigenvalue weighted by molar-refractivity contribution is 6.32. The summed E-state index contributed by atoms with van der Waals surface area (Å²) in [4.78, 5) is 0. The molecule has 0 bridgehead atoms. The highest BCUT2D eigenvalue weighted by atomic mass is 35.5. The van der Waals surface area contributed by atoms with Crippen molar-refractivity contribution in [1.82, 2.24) is 0 Å². The van der Waals surface area contributed by atoms with Gasteiger partial charge in [-0.2, -0.15) is 0 Å². The van der Waals surface area contributed by atoms with Crippen LogP contribution in [0, 0.1) is 0 Å². The Morgan fingerprint density at radius 1 is 0.765 bits per heavy atom. The van der Waals surface area contributed by atoms with Crippen molar-refractivity contribution in [2.75, 3.05) is 20.8 Å². The van der Waals surface area contributed by atoms with Crippen molar-refractivity contribution in [3.8, 4) is 17.2 Å². The van der Waals surface area contributed by atoms with Crippen LogP contribution >= 0.6 is 11.6 Å². The second-order valence-corrected chi connectivity index (χ2v) is 8.25. The summed E-state index contributed by atoms with van der Waals surface area (Å²) in [5, 5.41) is 10.1. The quantitative estimate of drug-likeness (QED) is 0.277. The fraction of sp³-hybridized carbons (Fsp3) is 0.172. The fourth-order valence-electron chi connectivity index (χ4n) is 4.26. The number of para-hydroxylation sites is 1. The summed E-state index contributed by atoms with van der Waals surface area (Å²) in [6.07, 6.45) is 0.605. The molecule has 0 aliphatic carbocycles. The Labute approximate surface area is 205 Å². The number of phenolic OH excluding ortho intramolecular Hbond substituents is 1. The van der Waals surface area contributed by atoms with Crippen LogP contribution in [-0.2, 0) is 16.8 Å². The SMILES string of the molecule is COc1cccc(C(OCCc2ccc(O)c(Cl)c2)(c2ccccc2)c2ccccc2)c1OC. The zero-order valence-electron chi connectivity index (χ0n) is 19.2. The van der Waals surface area contributed by atoms with Crippen molar-refractivity contribution in [1.29, 1.82) is 0 Å². The third-order valence-electron chi connectivity index (χ3n) is 5.86. The highest BCUT2D eigenvalue weighted by Crippen LogP contribution is 2.47. The van der Waals surface area contributed by atoms with Crippen LogP contribution in [0.1, 0.15) is 22.3 Å². The number of halogens is 1. The first-order valence-electron chi connectivity index (χ1n) is 11.0. The molecule has 174 valence electrons. The van der Waals surface area contributed by atoms with E-state index in [9.17, 15) is 5.11 Å². The summed E-state index contributed by atoms with van der Waals surface area (Å²) >= 11 is 6.12. The lowest BCUT2D eigenvalue weighted by Gasteiger charge is -2.37. The fourth-order valence-corrected chi connectivity index (χ4v) is 4.46. The molecule has 4 aromatic carbocycles. The van der Waals surface area contributed by atoms with Crippen molar-refractivity contribution in [3.63, 3.8) is 0 Å². The molecule has 5 heteroatoms. The minimum Gasteiger partial charge on any atom is -0.506 e. The lowest BCUT2D eigenvalue weighted by atomic mass is 9.79. The van der Waals surface area contributed by atoms with Gasteiger partial charge in [0, 0.05) is 5.56 Å². The molecule has 0 aliphatic heterocycles. The molecule has 0 aromatic heterocycles. The first-order valence-corrected chi connectivity index (χ1v) is 11.4. The maximum Gasteiger partial charge on any atom is 0.167 e. The van der Waals surface area contributed by atoms with E-state index in [1.54, 1.807) is 26.4 Å². The molecule has 0 radical (unpaired) electrons. The molecule has 34 heavy (non-hydrogen) atoms. The third-order valence-corrected chi connectivity index (χ3v) is 6.17. The number of ether oxygens (including phenoxy) is 3. The van der Waals surface area contributed by atoms with E-state index in [1.807, 2.05) is 60.7 Å². The van der Waals surface area contributed by atoms with Crippen LogP contribution in [0.3, 0.4) is 0 Å². The minimum absolute atomic E-state index is 0.0652.